The maximum Gasteiger partial charge on any atom is 0.191 e. The lowest BCUT2D eigenvalue weighted by Crippen LogP contribution is -2.48. The van der Waals surface area contributed by atoms with Gasteiger partial charge in [0.1, 0.15) is 0 Å². The fourth-order valence-electron chi connectivity index (χ4n) is 2.45. The first kappa shape index (κ1) is 23.9. The second kappa shape index (κ2) is 11.5. The number of nitrogens with zero attached hydrogens (tertiary/aromatic N) is 1. The molecule has 0 aliphatic heterocycles. The molecule has 0 aromatic rings. The number of sulfone groups is 1. The van der Waals surface area contributed by atoms with Crippen molar-refractivity contribution in [3.05, 3.63) is 0 Å². The van der Waals surface area contributed by atoms with Gasteiger partial charge in [0.05, 0.1) is 17.5 Å². The molecule has 0 aromatic carbocycles. The Bertz CT molecular complexity index is 473. The van der Waals surface area contributed by atoms with Crippen LogP contribution in [0.5, 0.6) is 0 Å². The van der Waals surface area contributed by atoms with Gasteiger partial charge in [-0.1, -0.05) is 25.7 Å². The van der Waals surface area contributed by atoms with Crippen LogP contribution in [0.15, 0.2) is 4.99 Å². The van der Waals surface area contributed by atoms with Gasteiger partial charge in [-0.2, -0.15) is 0 Å². The number of nitrogens with one attached hydrogen (secondary N) is 2. The molecule has 144 valence electrons. The van der Waals surface area contributed by atoms with Gasteiger partial charge in [-0.05, 0) is 26.7 Å². The molecule has 0 spiro atoms. The van der Waals surface area contributed by atoms with E-state index in [0.29, 0.717) is 31.8 Å². The summed E-state index contributed by atoms with van der Waals surface area (Å²) in [5, 5.41) is 6.24. The van der Waals surface area contributed by atoms with Crippen LogP contribution in [0.3, 0.4) is 0 Å². The van der Waals surface area contributed by atoms with Crippen molar-refractivity contribution < 1.29 is 13.2 Å². The van der Waals surface area contributed by atoms with E-state index in [2.05, 4.69) is 15.6 Å². The first-order valence-corrected chi connectivity index (χ1v) is 10.4. The molecule has 1 aliphatic rings. The maximum atomic E-state index is 11.7. The Labute approximate surface area is 164 Å². The molecule has 0 saturated heterocycles. The first-order chi connectivity index (χ1) is 10.8. The average Bonchev–Trinajstić information content (AvgIpc) is 2.74. The number of hydrogen-bond donors (Lipinski definition) is 2. The number of ether oxygens (including phenoxy) is 1. The molecule has 0 heterocycles. The van der Waals surface area contributed by atoms with E-state index >= 15 is 0 Å². The van der Waals surface area contributed by atoms with Crippen LogP contribution in [0.4, 0.5) is 0 Å². The summed E-state index contributed by atoms with van der Waals surface area (Å²) in [5.74, 6) is 0.603. The van der Waals surface area contributed by atoms with Crippen molar-refractivity contribution in [2.24, 2.45) is 4.99 Å². The number of guanidine groups is 1. The maximum absolute atomic E-state index is 11.7. The predicted octanol–water partition coefficient (Wildman–Crippen LogP) is 2.33. The van der Waals surface area contributed by atoms with Crippen molar-refractivity contribution in [1.82, 2.24) is 10.6 Å². The van der Waals surface area contributed by atoms with E-state index in [4.69, 9.17) is 4.74 Å². The van der Waals surface area contributed by atoms with Crippen LogP contribution < -0.4 is 10.6 Å². The summed E-state index contributed by atoms with van der Waals surface area (Å²) in [7, 11) is -1.44. The fourth-order valence-corrected chi connectivity index (χ4v) is 2.79. The topological polar surface area (TPSA) is 79.8 Å². The Morgan fingerprint density at radius 1 is 1.17 bits per heavy atom. The molecule has 0 bridgehead atoms. The molecule has 1 rings (SSSR count). The van der Waals surface area contributed by atoms with Crippen LogP contribution in [0.25, 0.3) is 0 Å². The second-order valence-electron chi connectivity index (χ2n) is 6.87. The van der Waals surface area contributed by atoms with Gasteiger partial charge in [-0.15, -0.1) is 24.0 Å². The van der Waals surface area contributed by atoms with Gasteiger partial charge < -0.3 is 15.4 Å². The van der Waals surface area contributed by atoms with Crippen LogP contribution >= 0.6 is 24.0 Å². The molecule has 0 radical (unpaired) electrons. The van der Waals surface area contributed by atoms with Crippen LogP contribution in [0, 0.1) is 0 Å². The summed E-state index contributed by atoms with van der Waals surface area (Å²) in [5.41, 5.74) is 0. The summed E-state index contributed by atoms with van der Waals surface area (Å²) in [4.78, 5) is 4.12. The highest BCUT2D eigenvalue weighted by Crippen LogP contribution is 2.19. The number of rotatable bonds is 7. The van der Waals surface area contributed by atoms with Crippen LogP contribution in [0.2, 0.25) is 0 Å². The molecule has 0 unspecified atom stereocenters. The zero-order chi connectivity index (χ0) is 17.3. The lowest BCUT2D eigenvalue weighted by Gasteiger charge is -2.24. The molecule has 24 heavy (non-hydrogen) atoms. The van der Waals surface area contributed by atoms with Gasteiger partial charge in [0.25, 0.3) is 0 Å². The van der Waals surface area contributed by atoms with Crippen molar-refractivity contribution in [3.8, 4) is 0 Å². The van der Waals surface area contributed by atoms with Crippen molar-refractivity contribution in [2.75, 3.05) is 33.0 Å². The molecule has 6 nitrogen and oxygen atoms in total. The molecule has 8 heteroatoms. The summed E-state index contributed by atoms with van der Waals surface area (Å²) in [6.07, 6.45) is 9.15. The number of hydrogen-bond acceptors (Lipinski definition) is 4. The van der Waals surface area contributed by atoms with Gasteiger partial charge >= 0.3 is 0 Å². The summed E-state index contributed by atoms with van der Waals surface area (Å²) in [6.45, 7) is 5.03. The molecular weight excluding hydrogens is 441 g/mol. The first-order valence-electron chi connectivity index (χ1n) is 8.52. The highest BCUT2D eigenvalue weighted by molar-refractivity contribution is 14.0. The summed E-state index contributed by atoms with van der Waals surface area (Å²) < 4.78 is 28.5. The zero-order valence-electron chi connectivity index (χ0n) is 15.4. The van der Waals surface area contributed by atoms with Crippen LogP contribution in [-0.2, 0) is 14.6 Å². The van der Waals surface area contributed by atoms with E-state index in [1.54, 1.807) is 20.9 Å². The van der Waals surface area contributed by atoms with Crippen molar-refractivity contribution in [3.63, 3.8) is 0 Å². The Morgan fingerprint density at radius 2 is 1.75 bits per heavy atom. The molecule has 0 amide bonds. The summed E-state index contributed by atoms with van der Waals surface area (Å²) >= 11 is 0. The summed E-state index contributed by atoms with van der Waals surface area (Å²) in [6, 6.07) is 0. The van der Waals surface area contributed by atoms with Gasteiger partial charge in [-0.25, -0.2) is 8.42 Å². The SMILES string of the molecule is CN=C(NCCOC1CCCCCC1)NCC(C)(C)S(C)(=O)=O.I. The third kappa shape index (κ3) is 8.84. The minimum absolute atomic E-state index is 0. The Morgan fingerprint density at radius 3 is 2.25 bits per heavy atom. The molecule has 1 fully saturated rings. The molecular formula is C16H34IN3O3S. The highest BCUT2D eigenvalue weighted by Gasteiger charge is 2.30. The van der Waals surface area contributed by atoms with E-state index < -0.39 is 14.6 Å². The normalized spacial score (nSPS) is 17.8. The third-order valence-electron chi connectivity index (χ3n) is 4.46. The molecule has 1 aliphatic carbocycles. The van der Waals surface area contributed by atoms with E-state index in [0.717, 1.165) is 12.8 Å². The molecule has 2 N–H and O–H groups in total. The smallest absolute Gasteiger partial charge is 0.191 e. The third-order valence-corrected chi connectivity index (χ3v) is 6.61. The second-order valence-corrected chi connectivity index (χ2v) is 9.52. The van der Waals surface area contributed by atoms with Crippen LogP contribution in [-0.4, -0.2) is 58.2 Å². The van der Waals surface area contributed by atoms with E-state index in [1.807, 2.05) is 0 Å². The standard InChI is InChI=1S/C16H33N3O3S.HI/c1-16(2,23(4,20)21)13-19-15(17-3)18-11-12-22-14-9-7-5-6-8-10-14;/h14H,5-13H2,1-4H3,(H2,17,18,19);1H. The van der Waals surface area contributed by atoms with E-state index in [1.165, 1.54) is 31.9 Å². The van der Waals surface area contributed by atoms with Gasteiger partial charge in [0, 0.05) is 26.4 Å². The van der Waals surface area contributed by atoms with Crippen molar-refractivity contribution >= 4 is 39.8 Å². The monoisotopic (exact) mass is 475 g/mol. The largest absolute Gasteiger partial charge is 0.376 e. The van der Waals surface area contributed by atoms with Gasteiger partial charge in [0.2, 0.25) is 0 Å². The average molecular weight is 475 g/mol. The molecule has 0 atom stereocenters. The fraction of sp³-hybridized carbons (Fsp3) is 0.938. The van der Waals surface area contributed by atoms with Gasteiger partial charge in [0.15, 0.2) is 15.8 Å². The lowest BCUT2D eigenvalue weighted by atomic mass is 10.1. The van der Waals surface area contributed by atoms with E-state index in [-0.39, 0.29) is 24.0 Å². The van der Waals surface area contributed by atoms with Crippen molar-refractivity contribution in [2.45, 2.75) is 63.2 Å². The number of halogens is 1. The Hall–Kier alpha value is -0.0900. The molecule has 0 aromatic heterocycles. The van der Waals surface area contributed by atoms with Crippen molar-refractivity contribution in [1.29, 1.82) is 0 Å². The Kier molecular flexibility index (Phi) is 11.5. The predicted molar refractivity (Wildman–Crippen MR) is 111 cm³/mol. The number of aliphatic imine (C=N–C) groups is 1. The Balaban J connectivity index is 0.00000529. The lowest BCUT2D eigenvalue weighted by molar-refractivity contribution is 0.0468. The highest BCUT2D eigenvalue weighted by atomic mass is 127. The quantitative estimate of drug-likeness (QED) is 0.194. The van der Waals surface area contributed by atoms with Gasteiger partial charge in [-0.3, -0.25) is 4.99 Å². The minimum atomic E-state index is -3.12. The van der Waals surface area contributed by atoms with Crippen LogP contribution in [0.1, 0.15) is 52.4 Å². The molecule has 1 saturated carbocycles. The van der Waals surface area contributed by atoms with E-state index in [9.17, 15) is 8.42 Å². The zero-order valence-corrected chi connectivity index (χ0v) is 18.6. The minimum Gasteiger partial charge on any atom is -0.376 e.